The molecule has 0 aliphatic carbocycles. The van der Waals surface area contributed by atoms with Crippen LogP contribution in [0, 0.1) is 0 Å². The SMILES string of the molecule is CCCN(C(=O)NCC)C(C)C. The van der Waals surface area contributed by atoms with Gasteiger partial charge < -0.3 is 10.2 Å². The van der Waals surface area contributed by atoms with Gasteiger partial charge in [-0.2, -0.15) is 0 Å². The van der Waals surface area contributed by atoms with E-state index in [-0.39, 0.29) is 12.1 Å². The summed E-state index contributed by atoms with van der Waals surface area (Å²) in [7, 11) is 0. The summed E-state index contributed by atoms with van der Waals surface area (Å²) in [6, 6.07) is 0.339. The summed E-state index contributed by atoms with van der Waals surface area (Å²) in [6.45, 7) is 9.61. The molecule has 0 fully saturated rings. The van der Waals surface area contributed by atoms with Gasteiger partial charge in [0, 0.05) is 19.1 Å². The highest BCUT2D eigenvalue weighted by Gasteiger charge is 2.13. The molecule has 0 heterocycles. The maximum Gasteiger partial charge on any atom is 0.317 e. The molecule has 0 unspecified atom stereocenters. The Kier molecular flexibility index (Phi) is 5.51. The van der Waals surface area contributed by atoms with Crippen LogP contribution in [0.2, 0.25) is 0 Å². The molecule has 1 N–H and O–H groups in total. The van der Waals surface area contributed by atoms with E-state index >= 15 is 0 Å². The average Bonchev–Trinajstić information content (AvgIpc) is 1.99. The summed E-state index contributed by atoms with van der Waals surface area (Å²) in [4.78, 5) is 13.2. The Hall–Kier alpha value is -0.730. The number of amides is 2. The lowest BCUT2D eigenvalue weighted by atomic mass is 10.3. The molecule has 0 aliphatic rings. The third-order valence-corrected chi connectivity index (χ3v) is 1.68. The van der Waals surface area contributed by atoms with Crippen molar-refractivity contribution >= 4 is 6.03 Å². The van der Waals surface area contributed by atoms with Gasteiger partial charge in [0.25, 0.3) is 0 Å². The predicted octanol–water partition coefficient (Wildman–Crippen LogP) is 1.84. The smallest absolute Gasteiger partial charge is 0.317 e. The van der Waals surface area contributed by atoms with Crippen LogP contribution >= 0.6 is 0 Å². The van der Waals surface area contributed by atoms with Crippen molar-refractivity contribution in [2.24, 2.45) is 0 Å². The molecule has 0 atom stereocenters. The molecular weight excluding hydrogens is 152 g/mol. The van der Waals surface area contributed by atoms with E-state index in [4.69, 9.17) is 0 Å². The lowest BCUT2D eigenvalue weighted by molar-refractivity contribution is 0.184. The highest BCUT2D eigenvalue weighted by atomic mass is 16.2. The van der Waals surface area contributed by atoms with Crippen molar-refractivity contribution in [3.63, 3.8) is 0 Å². The molecule has 0 saturated heterocycles. The number of nitrogens with zero attached hydrogens (tertiary/aromatic N) is 1. The van der Waals surface area contributed by atoms with E-state index < -0.39 is 0 Å². The first-order valence-electron chi connectivity index (χ1n) is 4.67. The maximum absolute atomic E-state index is 11.4. The lowest BCUT2D eigenvalue weighted by Gasteiger charge is -2.26. The highest BCUT2D eigenvalue weighted by molar-refractivity contribution is 5.74. The molecule has 0 aliphatic heterocycles. The summed E-state index contributed by atoms with van der Waals surface area (Å²) in [6.07, 6.45) is 1.01. The maximum atomic E-state index is 11.4. The predicted molar refractivity (Wildman–Crippen MR) is 51.2 cm³/mol. The molecule has 0 aromatic heterocycles. The highest BCUT2D eigenvalue weighted by Crippen LogP contribution is 1.99. The number of hydrogen-bond donors (Lipinski definition) is 1. The lowest BCUT2D eigenvalue weighted by Crippen LogP contribution is -2.44. The van der Waals surface area contributed by atoms with E-state index in [1.165, 1.54) is 0 Å². The topological polar surface area (TPSA) is 32.3 Å². The Balaban J connectivity index is 4.00. The molecule has 0 radical (unpaired) electrons. The third-order valence-electron chi connectivity index (χ3n) is 1.68. The number of carbonyl (C=O) groups is 1. The van der Waals surface area contributed by atoms with Crippen LogP contribution in [0.3, 0.4) is 0 Å². The Morgan fingerprint density at radius 1 is 1.42 bits per heavy atom. The van der Waals surface area contributed by atoms with E-state index in [9.17, 15) is 4.79 Å². The van der Waals surface area contributed by atoms with Crippen molar-refractivity contribution in [2.75, 3.05) is 13.1 Å². The third kappa shape index (κ3) is 3.60. The van der Waals surface area contributed by atoms with Crippen molar-refractivity contribution in [1.82, 2.24) is 10.2 Å². The standard InChI is InChI=1S/C9H20N2O/c1-5-7-11(8(3)4)9(12)10-6-2/h8H,5-7H2,1-4H3,(H,10,12). The monoisotopic (exact) mass is 172 g/mol. The van der Waals surface area contributed by atoms with Gasteiger partial charge in [0.2, 0.25) is 0 Å². The van der Waals surface area contributed by atoms with E-state index in [0.29, 0.717) is 6.54 Å². The van der Waals surface area contributed by atoms with Crippen LogP contribution in [0.25, 0.3) is 0 Å². The van der Waals surface area contributed by atoms with E-state index in [1.54, 1.807) is 0 Å². The van der Waals surface area contributed by atoms with Gasteiger partial charge in [-0.25, -0.2) is 4.79 Å². The van der Waals surface area contributed by atoms with Crippen molar-refractivity contribution < 1.29 is 4.79 Å². The second kappa shape index (κ2) is 5.86. The summed E-state index contributed by atoms with van der Waals surface area (Å²) in [5.74, 6) is 0. The number of hydrogen-bond acceptors (Lipinski definition) is 1. The minimum atomic E-state index is 0.0503. The molecule has 0 bridgehead atoms. The van der Waals surface area contributed by atoms with Gasteiger partial charge in [-0.1, -0.05) is 6.92 Å². The zero-order chi connectivity index (χ0) is 9.56. The normalized spacial score (nSPS) is 10.1. The van der Waals surface area contributed by atoms with Crippen LogP contribution < -0.4 is 5.32 Å². The fraction of sp³-hybridized carbons (Fsp3) is 0.889. The average molecular weight is 172 g/mol. The van der Waals surface area contributed by atoms with Gasteiger partial charge >= 0.3 is 6.03 Å². The number of carbonyl (C=O) groups excluding carboxylic acids is 1. The molecule has 0 saturated carbocycles. The fourth-order valence-corrected chi connectivity index (χ4v) is 1.09. The Morgan fingerprint density at radius 3 is 2.33 bits per heavy atom. The number of rotatable bonds is 4. The molecule has 2 amide bonds. The molecule has 0 spiro atoms. The van der Waals surface area contributed by atoms with E-state index in [1.807, 2.05) is 25.7 Å². The van der Waals surface area contributed by atoms with E-state index in [2.05, 4.69) is 12.2 Å². The summed E-state index contributed by atoms with van der Waals surface area (Å²) in [5.41, 5.74) is 0. The van der Waals surface area contributed by atoms with Gasteiger partial charge in [0.1, 0.15) is 0 Å². The van der Waals surface area contributed by atoms with Crippen LogP contribution in [-0.2, 0) is 0 Å². The summed E-state index contributed by atoms with van der Waals surface area (Å²) in [5, 5.41) is 2.80. The molecule has 12 heavy (non-hydrogen) atoms. The molecule has 0 aromatic carbocycles. The van der Waals surface area contributed by atoms with Crippen molar-refractivity contribution in [3.05, 3.63) is 0 Å². The van der Waals surface area contributed by atoms with Crippen molar-refractivity contribution in [1.29, 1.82) is 0 Å². The largest absolute Gasteiger partial charge is 0.338 e. The quantitative estimate of drug-likeness (QED) is 0.689. The Bertz CT molecular complexity index is 134. The summed E-state index contributed by atoms with van der Waals surface area (Å²) >= 11 is 0. The first kappa shape index (κ1) is 11.3. The second-order valence-electron chi connectivity index (χ2n) is 3.12. The summed E-state index contributed by atoms with van der Waals surface area (Å²) < 4.78 is 0. The molecule has 0 aromatic rings. The zero-order valence-electron chi connectivity index (χ0n) is 8.55. The van der Waals surface area contributed by atoms with Gasteiger partial charge in [-0.15, -0.1) is 0 Å². The number of nitrogens with one attached hydrogen (secondary N) is 1. The van der Waals surface area contributed by atoms with Gasteiger partial charge in [0.15, 0.2) is 0 Å². The molecule has 72 valence electrons. The molecule has 3 heteroatoms. The Morgan fingerprint density at radius 2 is 2.00 bits per heavy atom. The van der Waals surface area contributed by atoms with Crippen molar-refractivity contribution in [3.8, 4) is 0 Å². The van der Waals surface area contributed by atoms with Gasteiger partial charge in [-0.3, -0.25) is 0 Å². The van der Waals surface area contributed by atoms with Crippen LogP contribution in [0.4, 0.5) is 4.79 Å². The second-order valence-corrected chi connectivity index (χ2v) is 3.12. The van der Waals surface area contributed by atoms with Crippen molar-refractivity contribution in [2.45, 2.75) is 40.2 Å². The van der Waals surface area contributed by atoms with Crippen LogP contribution in [0.15, 0.2) is 0 Å². The molecule has 3 nitrogen and oxygen atoms in total. The van der Waals surface area contributed by atoms with Crippen LogP contribution in [-0.4, -0.2) is 30.1 Å². The fourth-order valence-electron chi connectivity index (χ4n) is 1.09. The van der Waals surface area contributed by atoms with Gasteiger partial charge in [-0.05, 0) is 27.2 Å². The minimum Gasteiger partial charge on any atom is -0.338 e. The Labute approximate surface area is 75.1 Å². The zero-order valence-corrected chi connectivity index (χ0v) is 8.55. The minimum absolute atomic E-state index is 0.0503. The molecule has 0 rings (SSSR count). The first-order chi connectivity index (χ1) is 5.63. The number of urea groups is 1. The first-order valence-corrected chi connectivity index (χ1v) is 4.67. The van der Waals surface area contributed by atoms with Gasteiger partial charge in [0.05, 0.1) is 0 Å². The van der Waals surface area contributed by atoms with E-state index in [0.717, 1.165) is 13.0 Å². The van der Waals surface area contributed by atoms with Crippen LogP contribution in [0.5, 0.6) is 0 Å². The molecular formula is C9H20N2O. The van der Waals surface area contributed by atoms with Crippen LogP contribution in [0.1, 0.15) is 34.1 Å².